The summed E-state index contributed by atoms with van der Waals surface area (Å²) in [6, 6.07) is 11.6. The molecule has 2 aromatic rings. The molecule has 1 aliphatic rings. The molecular weight excluding hydrogens is 355 g/mol. The molecule has 0 aliphatic carbocycles. The summed E-state index contributed by atoms with van der Waals surface area (Å²) >= 11 is 3.52. The number of hydrogen-bond donors (Lipinski definition) is 0. The minimum absolute atomic E-state index is 0.0502. The van der Waals surface area contributed by atoms with E-state index in [-0.39, 0.29) is 23.7 Å². The van der Waals surface area contributed by atoms with Crippen LogP contribution in [-0.4, -0.2) is 11.5 Å². The number of rotatable bonds is 3. The molecule has 108 valence electrons. The molecule has 0 saturated heterocycles. The third kappa shape index (κ3) is 3.05. The maximum Gasteiger partial charge on any atom is 0.175 e. The van der Waals surface area contributed by atoms with E-state index < -0.39 is 0 Å². The lowest BCUT2D eigenvalue weighted by atomic mass is 9.94. The van der Waals surface area contributed by atoms with Gasteiger partial charge in [-0.05, 0) is 40.5 Å². The second-order valence-corrected chi connectivity index (χ2v) is 6.27. The third-order valence-electron chi connectivity index (χ3n) is 3.49. The first-order valence-corrected chi connectivity index (χ1v) is 8.13. The Morgan fingerprint density at radius 2 is 1.81 bits per heavy atom. The number of benzene rings is 2. The van der Waals surface area contributed by atoms with Crippen LogP contribution < -0.4 is 0 Å². The van der Waals surface area contributed by atoms with E-state index in [4.69, 9.17) is 4.74 Å². The van der Waals surface area contributed by atoms with E-state index in [1.165, 1.54) is 0 Å². The van der Waals surface area contributed by atoms with Gasteiger partial charge in [-0.2, -0.15) is 3.89 Å². The Hall–Kier alpha value is -1.17. The number of halogens is 2. The Labute approximate surface area is 135 Å². The fourth-order valence-corrected chi connectivity index (χ4v) is 3.17. The zero-order valence-corrected chi connectivity index (χ0v) is 13.5. The van der Waals surface area contributed by atoms with Crippen molar-refractivity contribution < 1.29 is 13.4 Å². The van der Waals surface area contributed by atoms with E-state index in [2.05, 4.69) is 15.9 Å². The molecule has 1 heterocycles. The van der Waals surface area contributed by atoms with Crippen LogP contribution >= 0.6 is 28.1 Å². The zero-order valence-electron chi connectivity index (χ0n) is 11.1. The second-order valence-electron chi connectivity index (χ2n) is 4.84. The van der Waals surface area contributed by atoms with Gasteiger partial charge in [0.25, 0.3) is 0 Å². The van der Waals surface area contributed by atoms with Crippen LogP contribution in [0.4, 0.5) is 3.89 Å². The molecule has 0 bridgehead atoms. The van der Waals surface area contributed by atoms with Gasteiger partial charge in [-0.1, -0.05) is 34.1 Å². The van der Waals surface area contributed by atoms with Crippen LogP contribution in [0.2, 0.25) is 0 Å². The number of hydrogen-bond acceptors (Lipinski definition) is 3. The summed E-state index contributed by atoms with van der Waals surface area (Å²) in [5.41, 5.74) is 4.79. The Bertz CT molecular complexity index is 703. The minimum atomic E-state index is -0.203. The molecule has 0 aromatic heterocycles. The first-order chi connectivity index (χ1) is 10.2. The van der Waals surface area contributed by atoms with Crippen molar-refractivity contribution in [3.05, 3.63) is 57.6 Å². The van der Waals surface area contributed by atoms with E-state index in [9.17, 15) is 8.68 Å². The molecular formula is C16H12BrFO2S. The normalized spacial score (nSPS) is 13.2. The van der Waals surface area contributed by atoms with Gasteiger partial charge < -0.3 is 4.74 Å². The maximum absolute atomic E-state index is 12.2. The molecule has 0 spiro atoms. The highest BCUT2D eigenvalue weighted by Crippen LogP contribution is 2.33. The number of carbonyl (C=O) groups is 1. The Balaban J connectivity index is 2.06. The first-order valence-electron chi connectivity index (χ1n) is 6.45. The van der Waals surface area contributed by atoms with Crippen LogP contribution in [0.3, 0.4) is 0 Å². The average molecular weight is 367 g/mol. The molecule has 0 fully saturated rings. The van der Waals surface area contributed by atoms with Crippen molar-refractivity contribution in [3.63, 3.8) is 0 Å². The zero-order chi connectivity index (χ0) is 14.8. The molecule has 21 heavy (non-hydrogen) atoms. The van der Waals surface area contributed by atoms with Gasteiger partial charge in [0.15, 0.2) is 5.78 Å². The highest BCUT2D eigenvalue weighted by atomic mass is 79.9. The lowest BCUT2D eigenvalue weighted by molar-refractivity contribution is 0.101. The molecule has 0 radical (unpaired) electrons. The van der Waals surface area contributed by atoms with Crippen LogP contribution in [-0.2, 0) is 18.0 Å². The van der Waals surface area contributed by atoms with Gasteiger partial charge in [0, 0.05) is 10.0 Å². The number of ketones is 1. The van der Waals surface area contributed by atoms with Crippen LogP contribution in [0.25, 0.3) is 11.1 Å². The lowest BCUT2D eigenvalue weighted by Crippen LogP contribution is -2.03. The Morgan fingerprint density at radius 3 is 2.52 bits per heavy atom. The first kappa shape index (κ1) is 14.8. The molecule has 0 saturated carbocycles. The molecule has 0 atom stereocenters. The largest absolute Gasteiger partial charge is 0.372 e. The van der Waals surface area contributed by atoms with E-state index in [1.807, 2.05) is 30.3 Å². The molecule has 3 rings (SSSR count). The van der Waals surface area contributed by atoms with Gasteiger partial charge in [0.05, 0.1) is 31.1 Å². The topological polar surface area (TPSA) is 26.3 Å². The average Bonchev–Trinajstić information content (AvgIpc) is 2.65. The van der Waals surface area contributed by atoms with E-state index in [1.54, 1.807) is 6.07 Å². The van der Waals surface area contributed by atoms with Crippen LogP contribution in [0.5, 0.6) is 0 Å². The Kier molecular flexibility index (Phi) is 4.42. The van der Waals surface area contributed by atoms with E-state index in [0.717, 1.165) is 26.7 Å². The van der Waals surface area contributed by atoms with Gasteiger partial charge in [0.2, 0.25) is 0 Å². The van der Waals surface area contributed by atoms with Crippen LogP contribution in [0.15, 0.2) is 40.9 Å². The van der Waals surface area contributed by atoms with E-state index in [0.29, 0.717) is 18.8 Å². The summed E-state index contributed by atoms with van der Waals surface area (Å²) in [7, 11) is 0. The van der Waals surface area contributed by atoms with Crippen molar-refractivity contribution in [3.8, 4) is 11.1 Å². The van der Waals surface area contributed by atoms with Crippen molar-refractivity contribution in [2.75, 3.05) is 5.75 Å². The fourth-order valence-electron chi connectivity index (χ4n) is 2.50. The number of Topliss-reactive ketones (excluding diaryl/α,β-unsaturated/α-hetero) is 1. The highest BCUT2D eigenvalue weighted by molar-refractivity contribution is 9.10. The van der Waals surface area contributed by atoms with Crippen molar-refractivity contribution >= 4 is 33.9 Å². The predicted octanol–water partition coefficient (Wildman–Crippen LogP) is 4.95. The summed E-state index contributed by atoms with van der Waals surface area (Å²) in [5, 5.41) is 0. The van der Waals surface area contributed by atoms with Crippen molar-refractivity contribution in [1.29, 1.82) is 0 Å². The van der Waals surface area contributed by atoms with E-state index >= 15 is 0 Å². The molecule has 0 unspecified atom stereocenters. The van der Waals surface area contributed by atoms with Crippen molar-refractivity contribution in [1.82, 2.24) is 0 Å². The smallest absolute Gasteiger partial charge is 0.175 e. The predicted molar refractivity (Wildman–Crippen MR) is 86.0 cm³/mol. The van der Waals surface area contributed by atoms with Gasteiger partial charge in [-0.15, -0.1) is 0 Å². The highest BCUT2D eigenvalue weighted by Gasteiger charge is 2.17. The third-order valence-corrected chi connectivity index (χ3v) is 4.35. The molecule has 0 N–H and O–H groups in total. The summed E-state index contributed by atoms with van der Waals surface area (Å²) in [5.74, 6) is -0.353. The van der Waals surface area contributed by atoms with Gasteiger partial charge >= 0.3 is 0 Å². The number of fused-ring (bicyclic) bond motifs is 3. The fraction of sp³-hybridized carbons (Fsp3) is 0.188. The van der Waals surface area contributed by atoms with Crippen molar-refractivity contribution in [2.24, 2.45) is 0 Å². The molecule has 5 heteroatoms. The van der Waals surface area contributed by atoms with Gasteiger partial charge in [-0.3, -0.25) is 4.79 Å². The Morgan fingerprint density at radius 1 is 1.14 bits per heavy atom. The summed E-state index contributed by atoms with van der Waals surface area (Å²) in [4.78, 5) is 11.8. The van der Waals surface area contributed by atoms with Crippen LogP contribution in [0, 0.1) is 0 Å². The summed E-state index contributed by atoms with van der Waals surface area (Å²) in [6.45, 7) is 0.985. The molecule has 1 aliphatic heterocycles. The summed E-state index contributed by atoms with van der Waals surface area (Å²) < 4.78 is 18.9. The molecule has 0 amide bonds. The molecule has 2 aromatic carbocycles. The lowest BCUT2D eigenvalue weighted by Gasteiger charge is -2.10. The SMILES string of the molecule is O=C(CSF)c1ccc2c(c1)COCc1cc(Br)ccc1-2. The maximum atomic E-state index is 12.2. The minimum Gasteiger partial charge on any atom is -0.372 e. The quantitative estimate of drug-likeness (QED) is 0.719. The molecule has 2 nitrogen and oxygen atoms in total. The van der Waals surface area contributed by atoms with Crippen molar-refractivity contribution in [2.45, 2.75) is 13.2 Å². The summed E-state index contributed by atoms with van der Waals surface area (Å²) in [6.07, 6.45) is 0. The number of ether oxygens (including phenoxy) is 1. The standard InChI is InChI=1S/C16H12BrFO2S/c17-13-2-4-15-12(6-13)8-20-7-11-5-10(1-3-14(11)15)16(19)9-21-18/h1-6H,7-9H2. The van der Waals surface area contributed by atoms with Gasteiger partial charge in [-0.25, -0.2) is 0 Å². The van der Waals surface area contributed by atoms with Crippen LogP contribution in [0.1, 0.15) is 21.5 Å². The monoisotopic (exact) mass is 366 g/mol. The van der Waals surface area contributed by atoms with Gasteiger partial charge in [0.1, 0.15) is 0 Å². The number of carbonyl (C=O) groups excluding carboxylic acids is 1. The second kappa shape index (κ2) is 6.30.